The first-order valence-electron chi connectivity index (χ1n) is 6.81. The summed E-state index contributed by atoms with van der Waals surface area (Å²) < 4.78 is 5.85. The van der Waals surface area contributed by atoms with Gasteiger partial charge in [-0.05, 0) is 24.6 Å². The largest absolute Gasteiger partial charge is 0.399 e. The highest BCUT2D eigenvalue weighted by Gasteiger charge is 2.24. The number of nitrogens with two attached hydrogens (primary N) is 1. The van der Waals surface area contributed by atoms with Crippen LogP contribution in [-0.4, -0.2) is 29.6 Å². The molecular formula is C15H19N3OS. The lowest BCUT2D eigenvalue weighted by Crippen LogP contribution is -2.37. The zero-order valence-electron chi connectivity index (χ0n) is 11.6. The molecule has 1 atom stereocenters. The van der Waals surface area contributed by atoms with Crippen LogP contribution in [0.15, 0.2) is 29.6 Å². The number of hydrogen-bond acceptors (Lipinski definition) is 5. The molecule has 106 valence electrons. The van der Waals surface area contributed by atoms with Gasteiger partial charge >= 0.3 is 0 Å². The molecule has 2 heterocycles. The molecule has 1 unspecified atom stereocenters. The molecule has 2 aromatic rings. The van der Waals surface area contributed by atoms with E-state index in [2.05, 4.69) is 21.3 Å². The Balaban J connectivity index is 1.66. The summed E-state index contributed by atoms with van der Waals surface area (Å²) in [6.07, 6.45) is 0.100. The first kappa shape index (κ1) is 13.5. The Bertz CT molecular complexity index is 584. The quantitative estimate of drug-likeness (QED) is 0.883. The maximum atomic E-state index is 5.85. The van der Waals surface area contributed by atoms with Crippen molar-refractivity contribution in [2.24, 2.45) is 0 Å². The van der Waals surface area contributed by atoms with Crippen LogP contribution in [0, 0.1) is 6.92 Å². The number of rotatable bonds is 3. The Morgan fingerprint density at radius 3 is 3.15 bits per heavy atom. The van der Waals surface area contributed by atoms with Gasteiger partial charge in [-0.25, -0.2) is 4.98 Å². The molecule has 0 amide bonds. The fourth-order valence-corrected chi connectivity index (χ4v) is 3.30. The monoisotopic (exact) mass is 289 g/mol. The van der Waals surface area contributed by atoms with E-state index in [-0.39, 0.29) is 6.10 Å². The van der Waals surface area contributed by atoms with Crippen LogP contribution >= 0.6 is 11.3 Å². The predicted molar refractivity (Wildman–Crippen MR) is 81.7 cm³/mol. The van der Waals surface area contributed by atoms with Gasteiger partial charge in [0.25, 0.3) is 0 Å². The van der Waals surface area contributed by atoms with E-state index in [9.17, 15) is 0 Å². The lowest BCUT2D eigenvalue weighted by molar-refractivity contribution is -0.0330. The molecule has 20 heavy (non-hydrogen) atoms. The molecule has 5 heteroatoms. The molecule has 1 saturated heterocycles. The van der Waals surface area contributed by atoms with E-state index in [1.54, 1.807) is 11.3 Å². The average Bonchev–Trinajstić information content (AvgIpc) is 2.86. The Kier molecular flexibility index (Phi) is 4.00. The van der Waals surface area contributed by atoms with E-state index in [4.69, 9.17) is 10.5 Å². The topological polar surface area (TPSA) is 51.4 Å². The maximum Gasteiger partial charge on any atom is 0.123 e. The number of aromatic nitrogens is 1. The SMILES string of the molecule is Cc1csc(C2CN(Cc3cccc(N)c3)CCO2)n1. The minimum absolute atomic E-state index is 0.100. The van der Waals surface area contributed by atoms with Crippen molar-refractivity contribution in [2.75, 3.05) is 25.4 Å². The fraction of sp³-hybridized carbons (Fsp3) is 0.400. The van der Waals surface area contributed by atoms with E-state index in [0.717, 1.165) is 42.6 Å². The van der Waals surface area contributed by atoms with Gasteiger partial charge in [0.2, 0.25) is 0 Å². The smallest absolute Gasteiger partial charge is 0.123 e. The van der Waals surface area contributed by atoms with Crippen LogP contribution in [0.25, 0.3) is 0 Å². The van der Waals surface area contributed by atoms with Gasteiger partial charge in [-0.1, -0.05) is 12.1 Å². The number of nitrogen functional groups attached to an aromatic ring is 1. The van der Waals surface area contributed by atoms with Gasteiger partial charge in [0.1, 0.15) is 11.1 Å². The number of hydrogen-bond donors (Lipinski definition) is 1. The number of ether oxygens (including phenoxy) is 1. The average molecular weight is 289 g/mol. The third kappa shape index (κ3) is 3.17. The predicted octanol–water partition coefficient (Wildman–Crippen LogP) is 2.61. The first-order valence-corrected chi connectivity index (χ1v) is 7.69. The van der Waals surface area contributed by atoms with Gasteiger partial charge in [0.05, 0.1) is 6.61 Å². The molecule has 1 aromatic carbocycles. The summed E-state index contributed by atoms with van der Waals surface area (Å²) in [6.45, 7) is 5.53. The molecule has 0 saturated carbocycles. The van der Waals surface area contributed by atoms with Crippen molar-refractivity contribution in [3.63, 3.8) is 0 Å². The zero-order chi connectivity index (χ0) is 13.9. The van der Waals surface area contributed by atoms with Crippen LogP contribution in [0.5, 0.6) is 0 Å². The van der Waals surface area contributed by atoms with E-state index < -0.39 is 0 Å². The first-order chi connectivity index (χ1) is 9.70. The van der Waals surface area contributed by atoms with Gasteiger partial charge < -0.3 is 10.5 Å². The molecular weight excluding hydrogens is 270 g/mol. The van der Waals surface area contributed by atoms with Crippen molar-refractivity contribution in [2.45, 2.75) is 19.6 Å². The van der Waals surface area contributed by atoms with Gasteiger partial charge in [0, 0.05) is 36.4 Å². The molecule has 0 radical (unpaired) electrons. The van der Waals surface area contributed by atoms with Crippen LogP contribution in [0.4, 0.5) is 5.69 Å². The molecule has 2 N–H and O–H groups in total. The third-order valence-electron chi connectivity index (χ3n) is 3.42. The van der Waals surface area contributed by atoms with Crippen molar-refractivity contribution in [1.29, 1.82) is 0 Å². The molecule has 1 fully saturated rings. The summed E-state index contributed by atoms with van der Waals surface area (Å²) in [7, 11) is 0. The Labute approximate surface area is 123 Å². The summed E-state index contributed by atoms with van der Waals surface area (Å²) in [6, 6.07) is 8.09. The number of thiazole rings is 1. The standard InChI is InChI=1S/C15H19N3OS/c1-11-10-20-15(17-11)14-9-18(5-6-19-14)8-12-3-2-4-13(16)7-12/h2-4,7,10,14H,5-6,8-9,16H2,1H3. The van der Waals surface area contributed by atoms with Crippen molar-refractivity contribution in [3.05, 3.63) is 45.9 Å². The fourth-order valence-electron chi connectivity index (χ4n) is 2.47. The second-order valence-corrected chi connectivity index (χ2v) is 6.06. The molecule has 0 spiro atoms. The third-order valence-corrected chi connectivity index (χ3v) is 4.47. The molecule has 1 aliphatic rings. The second-order valence-electron chi connectivity index (χ2n) is 5.17. The second kappa shape index (κ2) is 5.91. The number of morpholine rings is 1. The molecule has 0 bridgehead atoms. The van der Waals surface area contributed by atoms with E-state index in [1.807, 2.05) is 25.1 Å². The highest BCUT2D eigenvalue weighted by molar-refractivity contribution is 7.09. The molecule has 4 nitrogen and oxygen atoms in total. The van der Waals surface area contributed by atoms with Crippen LogP contribution in [0.1, 0.15) is 22.4 Å². The molecule has 3 rings (SSSR count). The van der Waals surface area contributed by atoms with E-state index in [0.29, 0.717) is 0 Å². The highest BCUT2D eigenvalue weighted by atomic mass is 32.1. The van der Waals surface area contributed by atoms with Crippen molar-refractivity contribution in [3.8, 4) is 0 Å². The minimum Gasteiger partial charge on any atom is -0.399 e. The van der Waals surface area contributed by atoms with Crippen LogP contribution in [0.3, 0.4) is 0 Å². The minimum atomic E-state index is 0.100. The van der Waals surface area contributed by atoms with Gasteiger partial charge in [-0.15, -0.1) is 11.3 Å². The summed E-state index contributed by atoms with van der Waals surface area (Å²) in [4.78, 5) is 6.94. The van der Waals surface area contributed by atoms with Gasteiger partial charge in [-0.3, -0.25) is 4.90 Å². The Morgan fingerprint density at radius 1 is 1.50 bits per heavy atom. The summed E-state index contributed by atoms with van der Waals surface area (Å²) in [5, 5.41) is 3.16. The number of benzene rings is 1. The maximum absolute atomic E-state index is 5.85. The van der Waals surface area contributed by atoms with Gasteiger partial charge in [-0.2, -0.15) is 0 Å². The van der Waals surface area contributed by atoms with E-state index in [1.165, 1.54) is 5.56 Å². The van der Waals surface area contributed by atoms with Crippen molar-refractivity contribution >= 4 is 17.0 Å². The van der Waals surface area contributed by atoms with Crippen LogP contribution in [-0.2, 0) is 11.3 Å². The van der Waals surface area contributed by atoms with Crippen molar-refractivity contribution < 1.29 is 4.74 Å². The van der Waals surface area contributed by atoms with Crippen molar-refractivity contribution in [1.82, 2.24) is 9.88 Å². The van der Waals surface area contributed by atoms with E-state index >= 15 is 0 Å². The molecule has 0 aliphatic carbocycles. The summed E-state index contributed by atoms with van der Waals surface area (Å²) >= 11 is 1.68. The van der Waals surface area contributed by atoms with Gasteiger partial charge in [0.15, 0.2) is 0 Å². The number of anilines is 1. The number of aryl methyl sites for hydroxylation is 1. The lowest BCUT2D eigenvalue weighted by atomic mass is 10.1. The Morgan fingerprint density at radius 2 is 2.40 bits per heavy atom. The molecule has 1 aliphatic heterocycles. The summed E-state index contributed by atoms with van der Waals surface area (Å²) in [5.41, 5.74) is 8.98. The molecule has 1 aromatic heterocycles. The van der Waals surface area contributed by atoms with Crippen LogP contribution in [0.2, 0.25) is 0 Å². The lowest BCUT2D eigenvalue weighted by Gasteiger charge is -2.32. The number of nitrogens with zero attached hydrogens (tertiary/aromatic N) is 2. The highest BCUT2D eigenvalue weighted by Crippen LogP contribution is 2.26. The normalized spacial score (nSPS) is 20.1. The Hall–Kier alpha value is -1.43. The summed E-state index contributed by atoms with van der Waals surface area (Å²) in [5.74, 6) is 0. The van der Waals surface area contributed by atoms with Crippen LogP contribution < -0.4 is 5.73 Å². The zero-order valence-corrected chi connectivity index (χ0v) is 12.4.